The van der Waals surface area contributed by atoms with Gasteiger partial charge in [0.2, 0.25) is 0 Å². The SMILES string of the molecule is c1ccc(-n2c3ccccc3c3cc(-c4cc5c6c(c4)Oc4ccccc4N6c4ccccc4O5)ccc32)cc1.c1ccc(N(c2ccc(-c3ccc(N(c4ccccc4)c4cccc5ccccc45)cc3)cc2)c2cccc3ccccc23)cc1.c1ccc2c(c1)Oc1cc(-c3cc4c5c(c3)Oc3ccccc3N5c3ccccc3O4)cc3c1N2c1ccccc1O3. The molecule has 0 saturated heterocycles. The Bertz CT molecular complexity index is 7460. The van der Waals surface area contributed by atoms with Gasteiger partial charge in [0, 0.05) is 50.0 Å². The summed E-state index contributed by atoms with van der Waals surface area (Å²) in [6, 6.07) is 156. The van der Waals surface area contributed by atoms with Crippen molar-refractivity contribution in [3.05, 3.63) is 449 Å². The van der Waals surface area contributed by atoms with Crippen LogP contribution in [0.3, 0.4) is 0 Å². The van der Waals surface area contributed by atoms with Gasteiger partial charge in [0.05, 0.1) is 56.5 Å². The Labute approximate surface area is 738 Å². The molecule has 21 aromatic rings. The summed E-state index contributed by atoms with van der Waals surface area (Å²) in [5, 5.41) is 7.34. The molecule has 12 heteroatoms. The van der Waals surface area contributed by atoms with Crippen LogP contribution in [0.15, 0.2) is 449 Å². The van der Waals surface area contributed by atoms with Gasteiger partial charge in [-0.25, -0.2) is 0 Å². The molecule has 0 aliphatic carbocycles. The predicted octanol–water partition coefficient (Wildman–Crippen LogP) is 33.4. The Kier molecular flexibility index (Phi) is 17.3. The normalized spacial score (nSPS) is 12.5. The molecule has 128 heavy (non-hydrogen) atoms. The van der Waals surface area contributed by atoms with Crippen molar-refractivity contribution in [2.45, 2.75) is 0 Å². The molecule has 0 radical (unpaired) electrons. The summed E-state index contributed by atoms with van der Waals surface area (Å²) < 4.78 is 41.3. The summed E-state index contributed by atoms with van der Waals surface area (Å²) >= 11 is 0. The highest BCUT2D eigenvalue weighted by molar-refractivity contribution is 6.11. The van der Waals surface area contributed by atoms with Crippen LogP contribution in [0.4, 0.5) is 85.3 Å². The Morgan fingerprint density at radius 2 is 0.445 bits per heavy atom. The standard InChI is InChI=1S/C44H32N2.C36H20N2O4.C36H22N2O2/c1-3-17-37(18-4-1)45(43-23-11-15-35-13-7-9-21-41(35)43)39-29-25-33(26-30-39)34-27-31-40(32-28-34)46(38-19-5-2-6-20-38)44-24-12-16-36-14-8-10-22-42(36)44;1-5-13-27-23(9-1)37-24-10-2-6-14-28(24)40-32-18-21(17-31(39-27)35(32)37)22-19-33-36-34(20-22)42-30-16-8-4-12-26(30)38(36)25-11-3-7-15-29(25)41-33;1-2-10-25(11-3-1)37-28-13-5-4-12-26(28)27-20-23(18-19-29(27)37)24-21-34-36-35(22-24)40-33-17-9-7-15-31(33)38(36)30-14-6-8-16-32(30)39-34/h1-32H;1-20H;1-22H. The first-order valence-corrected chi connectivity index (χ1v) is 43.0. The summed E-state index contributed by atoms with van der Waals surface area (Å²) in [4.78, 5) is 11.4. The number of rotatable bonds is 10. The lowest BCUT2D eigenvalue weighted by Gasteiger charge is -2.38. The Morgan fingerprint density at radius 1 is 0.172 bits per heavy atom. The number of para-hydroxylation sites is 16. The molecular weight excluding hydrogens is 1570 g/mol. The molecule has 0 bridgehead atoms. The van der Waals surface area contributed by atoms with Gasteiger partial charge in [-0.3, -0.25) is 14.7 Å². The van der Waals surface area contributed by atoms with Gasteiger partial charge in [0.15, 0.2) is 69.0 Å². The summed E-state index contributed by atoms with van der Waals surface area (Å²) in [6.07, 6.45) is 0. The van der Waals surface area contributed by atoms with Crippen LogP contribution in [-0.2, 0) is 0 Å². The fourth-order valence-electron chi connectivity index (χ4n) is 19.0. The van der Waals surface area contributed by atoms with Crippen LogP contribution in [0.25, 0.3) is 82.4 Å². The summed E-state index contributed by atoms with van der Waals surface area (Å²) in [6.45, 7) is 0. The monoisotopic (exact) mass is 1650 g/mol. The maximum Gasteiger partial charge on any atom is 0.156 e. The zero-order valence-electron chi connectivity index (χ0n) is 68.9. The number of hydrogen-bond acceptors (Lipinski definition) is 11. The topological polar surface area (TPSA) is 76.5 Å². The molecule has 27 rings (SSSR count). The maximum atomic E-state index is 6.50. The molecule has 1 aromatic heterocycles. The lowest BCUT2D eigenvalue weighted by molar-refractivity contribution is 0.444. The highest BCUT2D eigenvalue weighted by Crippen LogP contribution is 2.65. The van der Waals surface area contributed by atoms with Crippen molar-refractivity contribution in [1.82, 2.24) is 4.57 Å². The molecule has 6 aliphatic heterocycles. The summed E-state index contributed by atoms with van der Waals surface area (Å²) in [7, 11) is 0. The Balaban J connectivity index is 0.000000104. The van der Waals surface area contributed by atoms with Gasteiger partial charge in [-0.15, -0.1) is 0 Å². The van der Waals surface area contributed by atoms with Gasteiger partial charge >= 0.3 is 0 Å². The van der Waals surface area contributed by atoms with Gasteiger partial charge < -0.3 is 42.8 Å². The van der Waals surface area contributed by atoms with Crippen molar-refractivity contribution in [3.63, 3.8) is 0 Å². The van der Waals surface area contributed by atoms with E-state index in [-0.39, 0.29) is 0 Å². The predicted molar refractivity (Wildman–Crippen MR) is 519 cm³/mol. The van der Waals surface area contributed by atoms with Crippen molar-refractivity contribution >= 4 is 129 Å². The van der Waals surface area contributed by atoms with Gasteiger partial charge in [0.1, 0.15) is 17.1 Å². The minimum Gasteiger partial charge on any atom is -0.453 e. The first kappa shape index (κ1) is 73.3. The highest BCUT2D eigenvalue weighted by Gasteiger charge is 2.40. The van der Waals surface area contributed by atoms with Crippen LogP contribution in [0.5, 0.6) is 69.0 Å². The number of ether oxygens (including phenoxy) is 6. The molecule has 20 aromatic carbocycles. The molecule has 0 atom stereocenters. The number of fused-ring (bicyclic) bond motifs is 17. The highest BCUT2D eigenvalue weighted by atomic mass is 16.5. The molecule has 0 N–H and O–H groups in total. The number of benzene rings is 20. The minimum absolute atomic E-state index is 0.723. The molecule has 0 spiro atoms. The van der Waals surface area contributed by atoms with Crippen LogP contribution in [0.1, 0.15) is 0 Å². The van der Waals surface area contributed by atoms with Crippen molar-refractivity contribution < 1.29 is 28.4 Å². The van der Waals surface area contributed by atoms with Crippen LogP contribution in [0.2, 0.25) is 0 Å². The smallest absolute Gasteiger partial charge is 0.156 e. The van der Waals surface area contributed by atoms with Crippen molar-refractivity contribution in [2.75, 3.05) is 24.5 Å². The van der Waals surface area contributed by atoms with E-state index in [4.69, 9.17) is 28.4 Å². The zero-order valence-corrected chi connectivity index (χ0v) is 68.9. The maximum absolute atomic E-state index is 6.50. The first-order chi connectivity index (χ1) is 63.5. The number of aromatic nitrogens is 1. The second kappa shape index (κ2) is 30.2. The third-order valence-corrected chi connectivity index (χ3v) is 24.7. The van der Waals surface area contributed by atoms with E-state index >= 15 is 0 Å². The number of nitrogens with zero attached hydrogens (tertiary/aromatic N) is 6. The summed E-state index contributed by atoms with van der Waals surface area (Å²) in [5.41, 5.74) is 25.4. The Hall–Kier alpha value is -17.5. The van der Waals surface area contributed by atoms with Gasteiger partial charge in [-0.2, -0.15) is 0 Å². The fourth-order valence-corrected chi connectivity index (χ4v) is 19.0. The third kappa shape index (κ3) is 12.4. The largest absolute Gasteiger partial charge is 0.453 e. The molecule has 0 amide bonds. The molecule has 7 heterocycles. The lowest BCUT2D eigenvalue weighted by atomic mass is 9.98. The molecule has 604 valence electrons. The van der Waals surface area contributed by atoms with Crippen LogP contribution >= 0.6 is 0 Å². The third-order valence-electron chi connectivity index (χ3n) is 24.7. The van der Waals surface area contributed by atoms with Crippen LogP contribution < -0.4 is 52.9 Å². The van der Waals surface area contributed by atoms with E-state index < -0.39 is 0 Å². The van der Waals surface area contributed by atoms with E-state index in [0.29, 0.717) is 0 Å². The van der Waals surface area contributed by atoms with E-state index in [1.165, 1.54) is 54.5 Å². The average molecular weight is 1650 g/mol. The van der Waals surface area contributed by atoms with Gasteiger partial charge in [-0.1, -0.05) is 249 Å². The molecule has 6 aliphatic rings. The molecule has 0 unspecified atom stereocenters. The molecular formula is C116H74N6O6. The number of hydrogen-bond donors (Lipinski definition) is 0. The molecule has 0 saturated carbocycles. The first-order valence-electron chi connectivity index (χ1n) is 43.0. The summed E-state index contributed by atoms with van der Waals surface area (Å²) in [5.74, 6) is 9.29. The molecule has 12 nitrogen and oxygen atoms in total. The van der Waals surface area contributed by atoms with Gasteiger partial charge in [0.25, 0.3) is 0 Å². The second-order valence-corrected chi connectivity index (χ2v) is 32.2. The van der Waals surface area contributed by atoms with Crippen molar-refractivity contribution in [1.29, 1.82) is 0 Å². The average Bonchev–Trinajstić information content (AvgIpc) is 1.08. The van der Waals surface area contributed by atoms with Crippen molar-refractivity contribution in [3.8, 4) is 108 Å². The zero-order chi connectivity index (χ0) is 84.3. The minimum atomic E-state index is 0.723. The molecule has 0 fully saturated rings. The fraction of sp³-hybridized carbons (Fsp3) is 0. The van der Waals surface area contributed by atoms with Crippen molar-refractivity contribution in [2.24, 2.45) is 0 Å². The van der Waals surface area contributed by atoms with Crippen LogP contribution in [-0.4, -0.2) is 4.57 Å². The van der Waals surface area contributed by atoms with E-state index in [2.05, 4.69) is 369 Å². The lowest BCUT2D eigenvalue weighted by Crippen LogP contribution is -2.20. The Morgan fingerprint density at radius 3 is 0.812 bits per heavy atom. The van der Waals surface area contributed by atoms with E-state index in [1.807, 2.05) is 109 Å². The van der Waals surface area contributed by atoms with Gasteiger partial charge in [-0.05, 0) is 244 Å². The van der Waals surface area contributed by atoms with Crippen LogP contribution in [0, 0.1) is 0 Å². The van der Waals surface area contributed by atoms with E-state index in [9.17, 15) is 0 Å². The second-order valence-electron chi connectivity index (χ2n) is 32.2. The quantitative estimate of drug-likeness (QED) is 0.131. The van der Waals surface area contributed by atoms with E-state index in [0.717, 1.165) is 182 Å². The van der Waals surface area contributed by atoms with E-state index in [1.54, 1.807) is 0 Å². The number of anilines is 15.